The molecule has 0 radical (unpaired) electrons. The molecule has 0 heterocycles. The fraction of sp³-hybridized carbons (Fsp3) is 0.462. The van der Waals surface area contributed by atoms with Crippen molar-refractivity contribution in [3.63, 3.8) is 0 Å². The summed E-state index contributed by atoms with van der Waals surface area (Å²) < 4.78 is 12.1. The van der Waals surface area contributed by atoms with Crippen LogP contribution in [0.25, 0.3) is 0 Å². The van der Waals surface area contributed by atoms with Crippen molar-refractivity contribution in [1.29, 1.82) is 0 Å². The van der Waals surface area contributed by atoms with Crippen LogP contribution in [0.3, 0.4) is 0 Å². The molecule has 3 atom stereocenters. The van der Waals surface area contributed by atoms with Gasteiger partial charge in [-0.15, -0.1) is 0 Å². The molecule has 0 N–H and O–H groups in total. The Kier molecular flexibility index (Phi) is 5.83. The predicted octanol–water partition coefficient (Wildman–Crippen LogP) is 4.11. The summed E-state index contributed by atoms with van der Waals surface area (Å²) in [6.07, 6.45) is 0.776. The number of hydrogen-bond acceptors (Lipinski definition) is 2. The number of halogens is 2. The number of Topliss-reactive ketones (excluding diaryl/α,β-unsaturated/α-hetero) is 1. The first-order chi connectivity index (χ1) is 8.38. The van der Waals surface area contributed by atoms with E-state index in [0.29, 0.717) is 15.6 Å². The van der Waals surface area contributed by atoms with Crippen molar-refractivity contribution >= 4 is 39.8 Å². The quantitative estimate of drug-likeness (QED) is 0.767. The molecule has 2 nitrogen and oxygen atoms in total. The lowest BCUT2D eigenvalue weighted by Crippen LogP contribution is -2.28. The summed E-state index contributed by atoms with van der Waals surface area (Å²) in [5, 5.41) is 0.224. The van der Waals surface area contributed by atoms with Gasteiger partial charge in [0, 0.05) is 26.6 Å². The van der Waals surface area contributed by atoms with Crippen molar-refractivity contribution in [3.8, 4) is 0 Å². The van der Waals surface area contributed by atoms with Crippen molar-refractivity contribution in [3.05, 3.63) is 33.8 Å². The van der Waals surface area contributed by atoms with Gasteiger partial charge in [-0.2, -0.15) is 0 Å². The summed E-state index contributed by atoms with van der Waals surface area (Å²) in [6, 6.07) is 4.71. The van der Waals surface area contributed by atoms with E-state index in [0.717, 1.165) is 6.42 Å². The van der Waals surface area contributed by atoms with Crippen LogP contribution in [0.5, 0.6) is 0 Å². The van der Waals surface area contributed by atoms with Crippen molar-refractivity contribution < 1.29 is 9.00 Å². The van der Waals surface area contributed by atoms with Crippen LogP contribution in [0.4, 0.5) is 0 Å². The molecule has 1 aromatic carbocycles. The average Bonchev–Trinajstić information content (AvgIpc) is 2.35. The first-order valence-corrected chi connectivity index (χ1v) is 7.80. The van der Waals surface area contributed by atoms with E-state index in [1.807, 2.05) is 13.8 Å². The van der Waals surface area contributed by atoms with Crippen molar-refractivity contribution in [2.75, 3.05) is 0 Å². The Labute approximate surface area is 120 Å². The molecule has 0 aliphatic heterocycles. The minimum absolute atomic E-state index is 0.00461. The molecule has 1 rings (SSSR count). The van der Waals surface area contributed by atoms with E-state index < -0.39 is 16.0 Å². The van der Waals surface area contributed by atoms with E-state index in [9.17, 15) is 9.00 Å². The molecule has 0 saturated heterocycles. The number of carbonyl (C=O) groups excluding carboxylic acids is 1. The Balaban J connectivity index is 2.97. The van der Waals surface area contributed by atoms with E-state index in [1.165, 1.54) is 6.07 Å². The lowest BCUT2D eigenvalue weighted by atomic mass is 10.1. The van der Waals surface area contributed by atoms with Crippen LogP contribution in [-0.4, -0.2) is 20.5 Å². The standard InChI is InChI=1S/C13H16Cl2O2S/c1-4-8(2)18(17)9(3)13(16)11-6-5-10(14)7-12(11)15/h5-9H,4H2,1-3H3. The average molecular weight is 307 g/mol. The third kappa shape index (κ3) is 3.56. The highest BCUT2D eigenvalue weighted by Crippen LogP contribution is 2.23. The van der Waals surface area contributed by atoms with Gasteiger partial charge in [-0.25, -0.2) is 0 Å². The van der Waals surface area contributed by atoms with E-state index in [-0.39, 0.29) is 11.0 Å². The number of ketones is 1. The van der Waals surface area contributed by atoms with Gasteiger partial charge in [0.05, 0.1) is 10.3 Å². The normalized spacial score (nSPS) is 16.1. The molecule has 0 aliphatic carbocycles. The Bertz CT molecular complexity index is 474. The summed E-state index contributed by atoms with van der Waals surface area (Å²) in [5.74, 6) is -0.199. The smallest absolute Gasteiger partial charge is 0.179 e. The van der Waals surface area contributed by atoms with E-state index in [1.54, 1.807) is 19.1 Å². The third-order valence-corrected chi connectivity index (χ3v) is 5.47. The zero-order chi connectivity index (χ0) is 13.9. The molecule has 100 valence electrons. The highest BCUT2D eigenvalue weighted by atomic mass is 35.5. The second-order valence-electron chi connectivity index (χ2n) is 4.18. The Morgan fingerprint density at radius 2 is 1.94 bits per heavy atom. The number of rotatable bonds is 5. The Morgan fingerprint density at radius 1 is 1.33 bits per heavy atom. The fourth-order valence-electron chi connectivity index (χ4n) is 1.53. The summed E-state index contributed by atoms with van der Waals surface area (Å²) in [5.41, 5.74) is 0.380. The maximum Gasteiger partial charge on any atom is 0.179 e. The lowest BCUT2D eigenvalue weighted by Gasteiger charge is -2.15. The Morgan fingerprint density at radius 3 is 2.44 bits per heavy atom. The van der Waals surface area contributed by atoms with Crippen LogP contribution in [-0.2, 0) is 10.8 Å². The molecule has 1 aromatic rings. The monoisotopic (exact) mass is 306 g/mol. The largest absolute Gasteiger partial charge is 0.293 e. The minimum Gasteiger partial charge on any atom is -0.293 e. The van der Waals surface area contributed by atoms with Gasteiger partial charge in [0.1, 0.15) is 0 Å². The highest BCUT2D eigenvalue weighted by molar-refractivity contribution is 7.87. The van der Waals surface area contributed by atoms with Gasteiger partial charge in [0.15, 0.2) is 5.78 Å². The molecule has 5 heteroatoms. The van der Waals surface area contributed by atoms with Gasteiger partial charge < -0.3 is 0 Å². The molecule has 18 heavy (non-hydrogen) atoms. The highest BCUT2D eigenvalue weighted by Gasteiger charge is 2.26. The SMILES string of the molecule is CCC(C)S(=O)C(C)C(=O)c1ccc(Cl)cc1Cl. The molecule has 3 unspecified atom stereocenters. The van der Waals surface area contributed by atoms with E-state index >= 15 is 0 Å². The fourth-order valence-corrected chi connectivity index (χ4v) is 3.39. The summed E-state index contributed by atoms with van der Waals surface area (Å²) in [4.78, 5) is 12.2. The first kappa shape index (κ1) is 15.7. The van der Waals surface area contributed by atoms with Crippen molar-refractivity contribution in [2.45, 2.75) is 37.7 Å². The van der Waals surface area contributed by atoms with E-state index in [4.69, 9.17) is 23.2 Å². The maximum atomic E-state index is 12.2. The minimum atomic E-state index is -1.19. The molecule has 0 fully saturated rings. The van der Waals surface area contributed by atoms with Gasteiger partial charge in [0.2, 0.25) is 0 Å². The molecule has 0 aliphatic rings. The second-order valence-corrected chi connectivity index (χ2v) is 7.19. The molecular weight excluding hydrogens is 291 g/mol. The zero-order valence-corrected chi connectivity index (χ0v) is 12.9. The molecule has 0 bridgehead atoms. The summed E-state index contributed by atoms with van der Waals surface area (Å²) in [7, 11) is -1.19. The van der Waals surface area contributed by atoms with Crippen LogP contribution in [0.2, 0.25) is 10.0 Å². The second kappa shape index (κ2) is 6.69. The molecule has 0 saturated carbocycles. The van der Waals surface area contributed by atoms with Crippen LogP contribution in [0.1, 0.15) is 37.6 Å². The van der Waals surface area contributed by atoms with Crippen LogP contribution < -0.4 is 0 Å². The zero-order valence-electron chi connectivity index (χ0n) is 10.6. The summed E-state index contributed by atoms with van der Waals surface area (Å²) in [6.45, 7) is 5.51. The number of benzene rings is 1. The third-order valence-electron chi connectivity index (χ3n) is 2.89. The topological polar surface area (TPSA) is 34.1 Å². The number of hydrogen-bond donors (Lipinski definition) is 0. The van der Waals surface area contributed by atoms with Crippen molar-refractivity contribution in [2.24, 2.45) is 0 Å². The van der Waals surface area contributed by atoms with Gasteiger partial charge in [-0.1, -0.05) is 37.0 Å². The van der Waals surface area contributed by atoms with Gasteiger partial charge in [-0.05, 0) is 31.5 Å². The summed E-state index contributed by atoms with van der Waals surface area (Å²) >= 11 is 11.8. The Hall–Kier alpha value is -0.380. The van der Waals surface area contributed by atoms with Crippen LogP contribution in [0.15, 0.2) is 18.2 Å². The molecular formula is C13H16Cl2O2S. The van der Waals surface area contributed by atoms with Crippen molar-refractivity contribution in [1.82, 2.24) is 0 Å². The van der Waals surface area contributed by atoms with Crippen LogP contribution in [0, 0.1) is 0 Å². The maximum absolute atomic E-state index is 12.2. The van der Waals surface area contributed by atoms with Gasteiger partial charge >= 0.3 is 0 Å². The molecule has 0 spiro atoms. The first-order valence-electron chi connectivity index (χ1n) is 5.77. The predicted molar refractivity (Wildman–Crippen MR) is 78.1 cm³/mol. The molecule has 0 amide bonds. The van der Waals surface area contributed by atoms with Gasteiger partial charge in [-0.3, -0.25) is 9.00 Å². The molecule has 0 aromatic heterocycles. The lowest BCUT2D eigenvalue weighted by molar-refractivity contribution is 0.0992. The van der Waals surface area contributed by atoms with Crippen LogP contribution >= 0.6 is 23.2 Å². The number of carbonyl (C=O) groups is 1. The van der Waals surface area contributed by atoms with E-state index in [2.05, 4.69) is 0 Å². The van der Waals surface area contributed by atoms with Gasteiger partial charge in [0.25, 0.3) is 0 Å².